The molecule has 0 N–H and O–H groups in total. The molecule has 0 heterocycles. The smallest absolute Gasteiger partial charge is 0.159 e. The highest BCUT2D eigenvalue weighted by Crippen LogP contribution is 2.21. The van der Waals surface area contributed by atoms with Gasteiger partial charge in [-0.1, -0.05) is 17.7 Å². The molecule has 0 aromatic heterocycles. The molecule has 1 aromatic carbocycles. The zero-order chi connectivity index (χ0) is 14.1. The van der Waals surface area contributed by atoms with Crippen molar-refractivity contribution in [2.45, 2.75) is 25.0 Å². The molecule has 0 spiro atoms. The van der Waals surface area contributed by atoms with E-state index in [9.17, 15) is 17.6 Å². The van der Waals surface area contributed by atoms with Gasteiger partial charge in [0.2, 0.25) is 0 Å². The van der Waals surface area contributed by atoms with E-state index in [4.69, 9.17) is 11.6 Å². The van der Waals surface area contributed by atoms with E-state index in [1.165, 1.54) is 26.0 Å². The van der Waals surface area contributed by atoms with Crippen LogP contribution in [0.4, 0.5) is 4.39 Å². The lowest BCUT2D eigenvalue weighted by Crippen LogP contribution is -2.41. The summed E-state index contributed by atoms with van der Waals surface area (Å²) in [6.07, 6.45) is 0.714. The van der Waals surface area contributed by atoms with Crippen LogP contribution in [0.3, 0.4) is 0 Å². The monoisotopic (exact) mass is 292 g/mol. The summed E-state index contributed by atoms with van der Waals surface area (Å²) in [5.74, 6) is -1.16. The Hall–Kier alpha value is -0.940. The molecule has 0 radical (unpaired) electrons. The highest BCUT2D eigenvalue weighted by molar-refractivity contribution is 7.92. The number of hydrogen-bond donors (Lipinski definition) is 0. The highest BCUT2D eigenvalue weighted by atomic mass is 35.5. The van der Waals surface area contributed by atoms with Crippen molar-refractivity contribution in [3.8, 4) is 0 Å². The van der Waals surface area contributed by atoms with Crippen LogP contribution < -0.4 is 0 Å². The Kier molecular flexibility index (Phi) is 4.18. The lowest BCUT2D eigenvalue weighted by molar-refractivity contribution is -0.120. The first-order valence-corrected chi connectivity index (χ1v) is 7.49. The summed E-state index contributed by atoms with van der Waals surface area (Å²) in [5.41, 5.74) is 0.140. The normalized spacial score (nSPS) is 12.5. The average molecular weight is 293 g/mol. The van der Waals surface area contributed by atoms with Gasteiger partial charge in [0, 0.05) is 17.7 Å². The molecule has 0 amide bonds. The van der Waals surface area contributed by atoms with E-state index in [1.807, 2.05) is 0 Å². The van der Waals surface area contributed by atoms with Gasteiger partial charge in [0.1, 0.15) is 10.6 Å². The first-order chi connectivity index (χ1) is 8.05. The largest absolute Gasteiger partial charge is 0.298 e. The molecular weight excluding hydrogens is 279 g/mol. The molecule has 0 aliphatic carbocycles. The molecule has 1 aromatic rings. The summed E-state index contributed by atoms with van der Waals surface area (Å²) in [6, 6.07) is 3.94. The van der Waals surface area contributed by atoms with Gasteiger partial charge in [-0.3, -0.25) is 4.79 Å². The topological polar surface area (TPSA) is 51.2 Å². The van der Waals surface area contributed by atoms with E-state index in [2.05, 4.69) is 0 Å². The van der Waals surface area contributed by atoms with Crippen molar-refractivity contribution in [3.63, 3.8) is 0 Å². The Morgan fingerprint density at radius 2 is 1.94 bits per heavy atom. The minimum absolute atomic E-state index is 0.140. The fourth-order valence-electron chi connectivity index (χ4n) is 1.26. The molecule has 0 aliphatic rings. The second kappa shape index (κ2) is 4.97. The molecule has 1 rings (SSSR count). The zero-order valence-corrected chi connectivity index (χ0v) is 11.9. The second-order valence-electron chi connectivity index (χ2n) is 4.62. The average Bonchev–Trinajstić information content (AvgIpc) is 2.20. The number of Topliss-reactive ketones (excluding diaryl/α,β-unsaturated/α-hetero) is 1. The molecule has 0 fully saturated rings. The number of ketones is 1. The van der Waals surface area contributed by atoms with E-state index in [1.54, 1.807) is 0 Å². The summed E-state index contributed by atoms with van der Waals surface area (Å²) in [7, 11) is -3.54. The Labute approximate surface area is 111 Å². The van der Waals surface area contributed by atoms with Crippen LogP contribution in [0.15, 0.2) is 18.2 Å². The molecular formula is C12H14ClFO3S. The minimum atomic E-state index is -3.54. The maximum atomic E-state index is 13.5. The Morgan fingerprint density at radius 1 is 1.39 bits per heavy atom. The van der Waals surface area contributed by atoms with Crippen LogP contribution in [0.2, 0.25) is 5.02 Å². The maximum absolute atomic E-state index is 13.5. The van der Waals surface area contributed by atoms with Gasteiger partial charge in [-0.25, -0.2) is 12.8 Å². The number of benzene rings is 1. The number of halogens is 2. The van der Waals surface area contributed by atoms with Gasteiger partial charge in [-0.15, -0.1) is 0 Å². The molecule has 6 heteroatoms. The fraction of sp³-hybridized carbons (Fsp3) is 0.417. The number of rotatable bonds is 4. The molecule has 0 saturated carbocycles. The fourth-order valence-corrected chi connectivity index (χ4v) is 1.90. The Balaban J connectivity index is 3.02. The molecule has 18 heavy (non-hydrogen) atoms. The Morgan fingerprint density at radius 3 is 2.39 bits per heavy atom. The van der Waals surface area contributed by atoms with Gasteiger partial charge in [0.05, 0.1) is 0 Å². The van der Waals surface area contributed by atoms with Crippen molar-refractivity contribution in [1.82, 2.24) is 0 Å². The third-order valence-corrected chi connectivity index (χ3v) is 5.28. The van der Waals surface area contributed by atoms with Crippen molar-refractivity contribution in [2.75, 3.05) is 6.26 Å². The minimum Gasteiger partial charge on any atom is -0.298 e. The summed E-state index contributed by atoms with van der Waals surface area (Å²) < 4.78 is 35.0. The summed E-state index contributed by atoms with van der Waals surface area (Å²) in [4.78, 5) is 11.9. The zero-order valence-electron chi connectivity index (χ0n) is 10.3. The van der Waals surface area contributed by atoms with Crippen LogP contribution in [-0.2, 0) is 21.1 Å². The van der Waals surface area contributed by atoms with Crippen LogP contribution in [0.5, 0.6) is 0 Å². The van der Waals surface area contributed by atoms with Crippen LogP contribution >= 0.6 is 11.6 Å². The highest BCUT2D eigenvalue weighted by Gasteiger charge is 2.38. The van der Waals surface area contributed by atoms with E-state index in [0.717, 1.165) is 12.3 Å². The van der Waals surface area contributed by atoms with Crippen LogP contribution in [0, 0.1) is 5.82 Å². The van der Waals surface area contributed by atoms with Gasteiger partial charge in [-0.05, 0) is 31.5 Å². The predicted octanol–water partition coefficient (Wildman–Crippen LogP) is 2.41. The third-order valence-electron chi connectivity index (χ3n) is 2.96. The Bertz CT molecular complexity index is 579. The van der Waals surface area contributed by atoms with Crippen molar-refractivity contribution in [2.24, 2.45) is 0 Å². The van der Waals surface area contributed by atoms with Crippen molar-refractivity contribution >= 4 is 27.2 Å². The second-order valence-corrected chi connectivity index (χ2v) is 7.62. The third kappa shape index (κ3) is 3.09. The molecule has 0 saturated heterocycles. The van der Waals surface area contributed by atoms with Gasteiger partial charge >= 0.3 is 0 Å². The van der Waals surface area contributed by atoms with Gasteiger partial charge in [0.15, 0.2) is 15.6 Å². The lowest BCUT2D eigenvalue weighted by Gasteiger charge is -2.20. The quantitative estimate of drug-likeness (QED) is 0.856. The van der Waals surface area contributed by atoms with Gasteiger partial charge in [-0.2, -0.15) is 0 Å². The predicted molar refractivity (Wildman–Crippen MR) is 69.0 cm³/mol. The first kappa shape index (κ1) is 15.1. The van der Waals surface area contributed by atoms with E-state index >= 15 is 0 Å². The number of carbonyl (C=O) groups excluding carboxylic acids is 1. The molecule has 0 bridgehead atoms. The first-order valence-electron chi connectivity index (χ1n) is 5.22. The molecule has 100 valence electrons. The summed E-state index contributed by atoms with van der Waals surface area (Å²) in [6.45, 7) is 2.64. The number of hydrogen-bond acceptors (Lipinski definition) is 3. The van der Waals surface area contributed by atoms with Crippen molar-refractivity contribution < 1.29 is 17.6 Å². The number of sulfone groups is 1. The maximum Gasteiger partial charge on any atom is 0.159 e. The molecule has 0 aliphatic heterocycles. The molecule has 0 unspecified atom stereocenters. The van der Waals surface area contributed by atoms with Crippen molar-refractivity contribution in [3.05, 3.63) is 34.6 Å². The SMILES string of the molecule is CC(C)(C(=O)Cc1ccc(Cl)cc1F)S(C)(=O)=O. The molecule has 0 atom stereocenters. The van der Waals surface area contributed by atoms with Gasteiger partial charge < -0.3 is 0 Å². The summed E-state index contributed by atoms with van der Waals surface area (Å²) in [5, 5.41) is 0.228. The van der Waals surface area contributed by atoms with E-state index in [-0.39, 0.29) is 17.0 Å². The van der Waals surface area contributed by atoms with Crippen LogP contribution in [-0.4, -0.2) is 25.2 Å². The van der Waals surface area contributed by atoms with Crippen molar-refractivity contribution in [1.29, 1.82) is 0 Å². The standard InChI is InChI=1S/C12H14ClFO3S/c1-12(2,18(3,16)17)11(15)6-8-4-5-9(13)7-10(8)14/h4-5,7H,6H2,1-3H3. The van der Waals surface area contributed by atoms with E-state index < -0.39 is 26.2 Å². The number of carbonyl (C=O) groups is 1. The lowest BCUT2D eigenvalue weighted by atomic mass is 10.00. The van der Waals surface area contributed by atoms with E-state index in [0.29, 0.717) is 0 Å². The van der Waals surface area contributed by atoms with Crippen LogP contribution in [0.1, 0.15) is 19.4 Å². The van der Waals surface area contributed by atoms with Gasteiger partial charge in [0.25, 0.3) is 0 Å². The van der Waals surface area contributed by atoms with Crippen LogP contribution in [0.25, 0.3) is 0 Å². The summed E-state index contributed by atoms with van der Waals surface area (Å²) >= 11 is 5.60. The molecule has 3 nitrogen and oxygen atoms in total.